The minimum atomic E-state index is -3.50. The second kappa shape index (κ2) is 8.83. The molecular formula is C20H20BrN3O3S2. The molecule has 3 rings (SSSR count). The largest absolute Gasteiger partial charge is 0.325 e. The number of aromatic nitrogens is 1. The molecule has 0 unspecified atom stereocenters. The van der Waals surface area contributed by atoms with Crippen molar-refractivity contribution >= 4 is 60.2 Å². The Kier molecular flexibility index (Phi) is 6.62. The topological polar surface area (TPSA) is 79.4 Å². The Labute approximate surface area is 182 Å². The summed E-state index contributed by atoms with van der Waals surface area (Å²) in [5.41, 5.74) is 2.33. The van der Waals surface area contributed by atoms with Gasteiger partial charge in [0.15, 0.2) is 0 Å². The monoisotopic (exact) mass is 493 g/mol. The Morgan fingerprint density at radius 1 is 1.14 bits per heavy atom. The fourth-order valence-corrected chi connectivity index (χ4v) is 4.62. The lowest BCUT2D eigenvalue weighted by atomic mass is 10.1. The maximum atomic E-state index is 12.4. The molecule has 29 heavy (non-hydrogen) atoms. The Hall–Kier alpha value is -1.94. The fourth-order valence-electron chi connectivity index (χ4n) is 2.66. The zero-order valence-corrected chi connectivity index (χ0v) is 19.4. The summed E-state index contributed by atoms with van der Waals surface area (Å²) < 4.78 is 26.8. The van der Waals surface area contributed by atoms with Crippen molar-refractivity contribution < 1.29 is 13.2 Å². The molecule has 0 fully saturated rings. The van der Waals surface area contributed by atoms with Gasteiger partial charge >= 0.3 is 0 Å². The number of hydrogen-bond acceptors (Lipinski definition) is 5. The molecule has 0 bridgehead atoms. The molecule has 0 aliphatic carbocycles. The van der Waals surface area contributed by atoms with E-state index in [1.165, 1.54) is 30.2 Å². The number of carbonyl (C=O) groups excluding carboxylic acids is 1. The van der Waals surface area contributed by atoms with Gasteiger partial charge in [-0.05, 0) is 61.0 Å². The van der Waals surface area contributed by atoms with E-state index in [1.54, 1.807) is 18.2 Å². The number of carbonyl (C=O) groups is 1. The van der Waals surface area contributed by atoms with Crippen molar-refractivity contribution in [3.8, 4) is 0 Å². The molecule has 0 radical (unpaired) electrons. The average Bonchev–Trinajstić information content (AvgIpc) is 2.68. The number of rotatable bonds is 6. The number of halogens is 1. The van der Waals surface area contributed by atoms with Crippen molar-refractivity contribution in [3.63, 3.8) is 0 Å². The van der Waals surface area contributed by atoms with Crippen LogP contribution >= 0.6 is 27.7 Å². The van der Waals surface area contributed by atoms with Crippen molar-refractivity contribution in [2.24, 2.45) is 0 Å². The lowest BCUT2D eigenvalue weighted by Gasteiger charge is -2.13. The van der Waals surface area contributed by atoms with Crippen molar-refractivity contribution in [1.82, 2.24) is 9.29 Å². The summed E-state index contributed by atoms with van der Waals surface area (Å²) in [5.74, 6) is 0.102. The van der Waals surface area contributed by atoms with E-state index in [0.717, 1.165) is 21.1 Å². The molecule has 0 spiro atoms. The fraction of sp³-hybridized carbons (Fsp3) is 0.200. The first-order valence-corrected chi connectivity index (χ1v) is 11.9. The number of aryl methyl sites for hydroxylation is 1. The predicted octanol–water partition coefficient (Wildman–Crippen LogP) is 4.29. The van der Waals surface area contributed by atoms with Gasteiger partial charge in [-0.2, -0.15) is 0 Å². The van der Waals surface area contributed by atoms with E-state index in [-0.39, 0.29) is 16.6 Å². The Bertz CT molecular complexity index is 1160. The SMILES string of the molecule is Cc1cc(SCC(=O)Nc2ccc(Br)cc2)nc2ccc(S(=O)(=O)N(C)C)cc12. The van der Waals surface area contributed by atoms with Crippen LogP contribution < -0.4 is 5.32 Å². The van der Waals surface area contributed by atoms with Gasteiger partial charge in [0.2, 0.25) is 15.9 Å². The van der Waals surface area contributed by atoms with Crippen LogP contribution in [0.15, 0.2) is 62.9 Å². The molecule has 0 aliphatic rings. The number of amides is 1. The van der Waals surface area contributed by atoms with Gasteiger partial charge in [-0.1, -0.05) is 27.7 Å². The second-order valence-corrected chi connectivity index (χ2v) is 10.7. The number of sulfonamides is 1. The summed E-state index contributed by atoms with van der Waals surface area (Å²) in [6.07, 6.45) is 0. The summed E-state index contributed by atoms with van der Waals surface area (Å²) >= 11 is 4.70. The number of benzene rings is 2. The third-order valence-electron chi connectivity index (χ3n) is 4.22. The molecule has 1 heterocycles. The van der Waals surface area contributed by atoms with E-state index in [1.807, 2.05) is 37.3 Å². The van der Waals surface area contributed by atoms with Crippen molar-refractivity contribution in [1.29, 1.82) is 0 Å². The molecule has 9 heteroatoms. The van der Waals surface area contributed by atoms with Gasteiger partial charge in [-0.15, -0.1) is 0 Å². The highest BCUT2D eigenvalue weighted by Crippen LogP contribution is 2.27. The van der Waals surface area contributed by atoms with Gasteiger partial charge in [0, 0.05) is 29.6 Å². The summed E-state index contributed by atoms with van der Waals surface area (Å²) in [4.78, 5) is 17.0. The zero-order chi connectivity index (χ0) is 21.2. The second-order valence-electron chi connectivity index (χ2n) is 6.59. The lowest BCUT2D eigenvalue weighted by Crippen LogP contribution is -2.22. The van der Waals surface area contributed by atoms with Gasteiger partial charge < -0.3 is 5.32 Å². The third-order valence-corrected chi connectivity index (χ3v) is 7.47. The summed E-state index contributed by atoms with van der Waals surface area (Å²) in [6.45, 7) is 1.90. The first-order chi connectivity index (χ1) is 13.7. The molecule has 1 amide bonds. The molecular weight excluding hydrogens is 474 g/mol. The van der Waals surface area contributed by atoms with E-state index >= 15 is 0 Å². The van der Waals surface area contributed by atoms with Gasteiger partial charge in [0.05, 0.1) is 21.2 Å². The van der Waals surface area contributed by atoms with Gasteiger partial charge in [-0.25, -0.2) is 17.7 Å². The molecule has 0 saturated carbocycles. The molecule has 152 valence electrons. The van der Waals surface area contributed by atoms with Gasteiger partial charge in [-0.3, -0.25) is 4.79 Å². The van der Waals surface area contributed by atoms with Crippen molar-refractivity contribution in [2.45, 2.75) is 16.8 Å². The highest BCUT2D eigenvalue weighted by atomic mass is 79.9. The van der Waals surface area contributed by atoms with E-state index < -0.39 is 10.0 Å². The number of nitrogens with zero attached hydrogens (tertiary/aromatic N) is 2. The van der Waals surface area contributed by atoms with Crippen LogP contribution in [0.1, 0.15) is 5.56 Å². The summed E-state index contributed by atoms with van der Waals surface area (Å²) in [7, 11) is -0.497. The summed E-state index contributed by atoms with van der Waals surface area (Å²) in [6, 6.07) is 14.1. The standard InChI is InChI=1S/C20H20BrN3O3S2/c1-13-10-20(28-12-19(25)22-15-6-4-14(21)5-7-15)23-18-9-8-16(11-17(13)18)29(26,27)24(2)3/h4-11H,12H2,1-3H3,(H,22,25). The van der Waals surface area contributed by atoms with Crippen molar-refractivity contribution in [2.75, 3.05) is 25.2 Å². The highest BCUT2D eigenvalue weighted by molar-refractivity contribution is 9.10. The van der Waals surface area contributed by atoms with E-state index in [2.05, 4.69) is 26.2 Å². The molecule has 1 aromatic heterocycles. The summed E-state index contributed by atoms with van der Waals surface area (Å²) in [5, 5.41) is 4.33. The number of fused-ring (bicyclic) bond motifs is 1. The lowest BCUT2D eigenvalue weighted by molar-refractivity contribution is -0.113. The molecule has 0 atom stereocenters. The molecule has 2 aromatic carbocycles. The molecule has 1 N–H and O–H groups in total. The van der Waals surface area contributed by atoms with E-state index in [9.17, 15) is 13.2 Å². The molecule has 0 saturated heterocycles. The van der Waals surface area contributed by atoms with E-state index in [0.29, 0.717) is 10.5 Å². The minimum absolute atomic E-state index is 0.121. The Morgan fingerprint density at radius 3 is 2.48 bits per heavy atom. The van der Waals surface area contributed by atoms with Crippen LogP contribution in [-0.2, 0) is 14.8 Å². The number of anilines is 1. The van der Waals surface area contributed by atoms with Gasteiger partial charge in [0.1, 0.15) is 0 Å². The van der Waals surface area contributed by atoms with Crippen LogP contribution in [0.3, 0.4) is 0 Å². The maximum absolute atomic E-state index is 12.4. The van der Waals surface area contributed by atoms with Crippen molar-refractivity contribution in [3.05, 3.63) is 58.6 Å². The third kappa shape index (κ3) is 5.16. The van der Waals surface area contributed by atoms with Crippen LogP contribution in [-0.4, -0.2) is 43.5 Å². The van der Waals surface area contributed by atoms with Crippen LogP contribution in [0.25, 0.3) is 10.9 Å². The smallest absolute Gasteiger partial charge is 0.242 e. The maximum Gasteiger partial charge on any atom is 0.242 e. The normalized spacial score (nSPS) is 11.8. The minimum Gasteiger partial charge on any atom is -0.325 e. The van der Waals surface area contributed by atoms with Crippen LogP contribution in [0.4, 0.5) is 5.69 Å². The number of hydrogen-bond donors (Lipinski definition) is 1. The first-order valence-electron chi connectivity index (χ1n) is 8.69. The Balaban J connectivity index is 1.75. The Morgan fingerprint density at radius 2 is 1.83 bits per heavy atom. The zero-order valence-electron chi connectivity index (χ0n) is 16.1. The average molecular weight is 494 g/mol. The van der Waals surface area contributed by atoms with Crippen LogP contribution in [0.5, 0.6) is 0 Å². The number of nitrogens with one attached hydrogen (secondary N) is 1. The van der Waals surface area contributed by atoms with Crippen LogP contribution in [0.2, 0.25) is 0 Å². The quantitative estimate of drug-likeness (QED) is 0.518. The van der Waals surface area contributed by atoms with Crippen LogP contribution in [0, 0.1) is 6.92 Å². The predicted molar refractivity (Wildman–Crippen MR) is 121 cm³/mol. The number of pyridine rings is 1. The van der Waals surface area contributed by atoms with E-state index in [4.69, 9.17) is 0 Å². The first kappa shape index (κ1) is 21.8. The van der Waals surface area contributed by atoms with Gasteiger partial charge in [0.25, 0.3) is 0 Å². The highest BCUT2D eigenvalue weighted by Gasteiger charge is 2.18. The number of thioether (sulfide) groups is 1. The molecule has 3 aromatic rings. The molecule has 6 nitrogen and oxygen atoms in total. The molecule has 0 aliphatic heterocycles.